The zero-order valence-corrected chi connectivity index (χ0v) is 38.0. The highest BCUT2D eigenvalue weighted by molar-refractivity contribution is 6.28. The molecule has 14 rings (SSSR count). The monoisotopic (exact) mass is 932 g/mol. The molecule has 0 aliphatic heterocycles. The Morgan fingerprint density at radius 2 is 0.778 bits per heavy atom. The third kappa shape index (κ3) is 5.76. The van der Waals surface area contributed by atoms with E-state index in [0.717, 1.165) is 111 Å². The van der Waals surface area contributed by atoms with Crippen LogP contribution in [0.4, 0.5) is 13.2 Å². The van der Waals surface area contributed by atoms with Gasteiger partial charge >= 0.3 is 6.18 Å². The molecular weight excluding hydrogens is 898 g/mol. The van der Waals surface area contributed by atoms with E-state index in [0.29, 0.717) is 16.9 Å². The number of hydrogen-bond acceptors (Lipinski definition) is 2. The summed E-state index contributed by atoms with van der Waals surface area (Å²) in [5.41, 5.74) is 9.66. The number of aromatic nitrogens is 4. The van der Waals surface area contributed by atoms with Crippen molar-refractivity contribution in [2.45, 2.75) is 6.18 Å². The molecule has 0 radical (unpaired) electrons. The van der Waals surface area contributed by atoms with Gasteiger partial charge in [-0.2, -0.15) is 23.7 Å². The summed E-state index contributed by atoms with van der Waals surface area (Å²) in [5, 5.41) is 29.8. The molecule has 0 N–H and O–H groups in total. The average molecular weight is 933 g/mol. The molecule has 0 saturated heterocycles. The highest BCUT2D eigenvalue weighted by Crippen LogP contribution is 2.49. The summed E-state index contributed by atoms with van der Waals surface area (Å²) in [5.74, 6) is 0. The number of alkyl halides is 3. The van der Waals surface area contributed by atoms with E-state index in [2.05, 4.69) is 115 Å². The fraction of sp³-hybridized carbons (Fsp3) is 0.0159. The van der Waals surface area contributed by atoms with E-state index in [1.807, 2.05) is 97.1 Å². The van der Waals surface area contributed by atoms with Gasteiger partial charge in [-0.05, 0) is 91.0 Å². The smallest absolute Gasteiger partial charge is 0.309 e. The van der Waals surface area contributed by atoms with E-state index in [4.69, 9.17) is 0 Å². The zero-order chi connectivity index (χ0) is 48.4. The summed E-state index contributed by atoms with van der Waals surface area (Å²) < 4.78 is 54.3. The van der Waals surface area contributed by atoms with E-state index in [-0.39, 0.29) is 16.7 Å². The van der Waals surface area contributed by atoms with Crippen LogP contribution in [0.15, 0.2) is 212 Å². The number of hydrogen-bond donors (Lipinski definition) is 0. The van der Waals surface area contributed by atoms with Crippen molar-refractivity contribution < 1.29 is 13.2 Å². The second kappa shape index (κ2) is 15.3. The fourth-order valence-electron chi connectivity index (χ4n) is 11.6. The Morgan fingerprint density at radius 3 is 1.21 bits per heavy atom. The average Bonchev–Trinajstić information content (AvgIpc) is 4.16. The van der Waals surface area contributed by atoms with Crippen molar-refractivity contribution >= 4 is 87.2 Å². The second-order valence-corrected chi connectivity index (χ2v) is 18.2. The van der Waals surface area contributed by atoms with Gasteiger partial charge in [-0.25, -0.2) is 0 Å². The van der Waals surface area contributed by atoms with Crippen LogP contribution in [-0.4, -0.2) is 18.3 Å². The van der Waals surface area contributed by atoms with E-state index >= 15 is 13.2 Å². The van der Waals surface area contributed by atoms with Crippen LogP contribution in [0.1, 0.15) is 16.7 Å². The Morgan fingerprint density at radius 1 is 0.361 bits per heavy atom. The van der Waals surface area contributed by atoms with Crippen LogP contribution in [0.2, 0.25) is 0 Å². The molecule has 6 nitrogen and oxygen atoms in total. The Hall–Kier alpha value is -9.83. The number of benzene rings is 10. The lowest BCUT2D eigenvalue weighted by molar-refractivity contribution is -0.137. The number of fused-ring (bicyclic) bond motifs is 14. The van der Waals surface area contributed by atoms with Gasteiger partial charge in [0.25, 0.3) is 0 Å². The fourth-order valence-corrected chi connectivity index (χ4v) is 11.6. The van der Waals surface area contributed by atoms with Gasteiger partial charge in [0.2, 0.25) is 0 Å². The Balaban J connectivity index is 1.23. The van der Waals surface area contributed by atoms with Gasteiger partial charge in [-0.15, -0.1) is 0 Å². The first kappa shape index (κ1) is 41.2. The summed E-state index contributed by atoms with van der Waals surface area (Å²) in [6.07, 6.45) is -4.74. The van der Waals surface area contributed by atoms with Gasteiger partial charge in [0.15, 0.2) is 0 Å². The molecule has 0 aliphatic carbocycles. The highest BCUT2D eigenvalue weighted by atomic mass is 19.4. The molecule has 0 bridgehead atoms. The van der Waals surface area contributed by atoms with Gasteiger partial charge in [0.05, 0.1) is 84.3 Å². The molecule has 0 unspecified atom stereocenters. The highest BCUT2D eigenvalue weighted by Gasteiger charge is 2.33. The molecule has 14 aromatic rings. The molecule has 4 heterocycles. The molecule has 0 fully saturated rings. The Kier molecular flexibility index (Phi) is 8.77. The lowest BCUT2D eigenvalue weighted by Crippen LogP contribution is -2.09. The molecule has 338 valence electrons. The van der Waals surface area contributed by atoms with E-state index in [9.17, 15) is 10.5 Å². The van der Waals surface area contributed by atoms with Crippen LogP contribution in [0.5, 0.6) is 0 Å². The largest absolute Gasteiger partial charge is 0.416 e. The molecule has 0 saturated carbocycles. The topological polar surface area (TPSA) is 67.3 Å². The van der Waals surface area contributed by atoms with Crippen molar-refractivity contribution in [2.75, 3.05) is 0 Å². The minimum atomic E-state index is -4.74. The summed E-state index contributed by atoms with van der Waals surface area (Å²) in [4.78, 5) is 0. The van der Waals surface area contributed by atoms with Crippen molar-refractivity contribution in [2.24, 2.45) is 0 Å². The van der Waals surface area contributed by atoms with Crippen LogP contribution in [-0.2, 0) is 6.18 Å². The standard InChI is InChI=1S/C63H35F3N6/c64-63(65,66)40-28-27-39(37-68)49(35-40)58-56(71-50-23-11-7-19-43(50)45-29-31-54-59(61(45)71)47-21-9-13-25-52(47)69(54)41-15-3-1-4-16-41)33-38(36-67)34-57(58)72-51-24-12-8-20-44(51)46-30-32-55-60(62(46)72)48-22-10-14-26-53(48)70(55)42-17-5-2-6-18-42/h1-35H. The molecule has 0 aliphatic rings. The van der Waals surface area contributed by atoms with Gasteiger partial charge in [-0.1, -0.05) is 121 Å². The first-order valence-corrected chi connectivity index (χ1v) is 23.5. The maximum atomic E-state index is 15.2. The van der Waals surface area contributed by atoms with Crippen molar-refractivity contribution in [1.29, 1.82) is 10.5 Å². The van der Waals surface area contributed by atoms with Gasteiger partial charge in [0, 0.05) is 65.6 Å². The third-order valence-electron chi connectivity index (χ3n) is 14.4. The predicted molar refractivity (Wildman–Crippen MR) is 284 cm³/mol. The molecule has 4 aromatic heterocycles. The summed E-state index contributed by atoms with van der Waals surface area (Å²) >= 11 is 0. The molecule has 0 atom stereocenters. The number of nitriles is 2. The van der Waals surface area contributed by atoms with E-state index in [1.165, 1.54) is 6.07 Å². The van der Waals surface area contributed by atoms with Gasteiger partial charge < -0.3 is 18.3 Å². The molecule has 0 amide bonds. The Bertz CT molecular complexity index is 4440. The van der Waals surface area contributed by atoms with Crippen LogP contribution in [0, 0.1) is 22.7 Å². The molecule has 0 spiro atoms. The van der Waals surface area contributed by atoms with Crippen LogP contribution >= 0.6 is 0 Å². The maximum Gasteiger partial charge on any atom is 0.416 e. The second-order valence-electron chi connectivity index (χ2n) is 18.2. The number of para-hydroxylation sites is 6. The van der Waals surface area contributed by atoms with Crippen molar-refractivity contribution in [3.63, 3.8) is 0 Å². The van der Waals surface area contributed by atoms with E-state index < -0.39 is 11.7 Å². The van der Waals surface area contributed by atoms with Crippen molar-refractivity contribution in [3.05, 3.63) is 229 Å². The molecule has 9 heteroatoms. The SMILES string of the molecule is N#Cc1cc(-n2c3ccccc3c3ccc4c(c5ccccc5n4-c4ccccc4)c32)c(-c2cc(C(F)(F)F)ccc2C#N)c(-n2c3ccccc3c3ccc4c(c5ccccc5n4-c4ccccc4)c32)c1. The summed E-state index contributed by atoms with van der Waals surface area (Å²) in [6, 6.07) is 72.9. The number of halogens is 3. The quantitative estimate of drug-likeness (QED) is 0.173. The molecule has 10 aromatic carbocycles. The Labute approximate surface area is 408 Å². The third-order valence-corrected chi connectivity index (χ3v) is 14.4. The first-order chi connectivity index (χ1) is 35.3. The van der Waals surface area contributed by atoms with Crippen molar-refractivity contribution in [3.8, 4) is 46.0 Å². The normalized spacial score (nSPS) is 12.1. The minimum Gasteiger partial charge on any atom is -0.309 e. The number of rotatable bonds is 5. The molecule has 72 heavy (non-hydrogen) atoms. The minimum absolute atomic E-state index is 0.0494. The van der Waals surface area contributed by atoms with Crippen LogP contribution in [0.3, 0.4) is 0 Å². The van der Waals surface area contributed by atoms with Gasteiger partial charge in [0.1, 0.15) is 0 Å². The summed E-state index contributed by atoms with van der Waals surface area (Å²) in [6.45, 7) is 0. The first-order valence-electron chi connectivity index (χ1n) is 23.5. The van der Waals surface area contributed by atoms with Crippen LogP contribution < -0.4 is 0 Å². The van der Waals surface area contributed by atoms with Crippen LogP contribution in [0.25, 0.3) is 121 Å². The maximum absolute atomic E-state index is 15.2. The summed E-state index contributed by atoms with van der Waals surface area (Å²) in [7, 11) is 0. The lowest BCUT2D eigenvalue weighted by Gasteiger charge is -2.22. The zero-order valence-electron chi connectivity index (χ0n) is 38.0. The van der Waals surface area contributed by atoms with Crippen molar-refractivity contribution in [1.82, 2.24) is 18.3 Å². The van der Waals surface area contributed by atoms with Gasteiger partial charge in [-0.3, -0.25) is 0 Å². The predicted octanol–water partition coefficient (Wildman–Crippen LogP) is 16.5. The molecular formula is C63H35F3N6. The number of nitrogens with zero attached hydrogens (tertiary/aromatic N) is 6. The lowest BCUT2D eigenvalue weighted by atomic mass is 9.92. The van der Waals surface area contributed by atoms with E-state index in [1.54, 1.807) is 12.1 Å².